The molecule has 1 aliphatic carbocycles. The largest absolute Gasteiger partial charge is 0.253 e. The molecule has 78 valence electrons. The third-order valence-electron chi connectivity index (χ3n) is 2.79. The van der Waals surface area contributed by atoms with Crippen molar-refractivity contribution in [1.82, 2.24) is 0 Å². The maximum Gasteiger partial charge on any atom is 0.0662 e. The maximum absolute atomic E-state index is 4.70. The lowest BCUT2D eigenvalue weighted by Crippen LogP contribution is -2.07. The van der Waals surface area contributed by atoms with Crippen LogP contribution in [0, 0.1) is 12.8 Å². The Hall–Kier alpha value is -1.37. The van der Waals surface area contributed by atoms with E-state index in [1.807, 2.05) is 6.07 Å². The van der Waals surface area contributed by atoms with Crippen LogP contribution in [0.5, 0.6) is 0 Å². The Labute approximate surface area is 91.6 Å². The third-order valence-corrected chi connectivity index (χ3v) is 2.79. The first-order valence-corrected chi connectivity index (χ1v) is 5.55. The Morgan fingerprint density at radius 2 is 2.07 bits per heavy atom. The number of hydrogen-bond donors (Lipinski definition) is 0. The molecule has 0 amide bonds. The van der Waals surface area contributed by atoms with E-state index in [0.717, 1.165) is 18.0 Å². The van der Waals surface area contributed by atoms with Crippen LogP contribution >= 0.6 is 0 Å². The SMILES string of the molecule is Cc1ccccc1N=C1C=CCC(C)C1. The number of allylic oxidation sites excluding steroid dienone is 2. The molecule has 0 aromatic heterocycles. The van der Waals surface area contributed by atoms with E-state index in [-0.39, 0.29) is 0 Å². The van der Waals surface area contributed by atoms with Gasteiger partial charge in [0.2, 0.25) is 0 Å². The summed E-state index contributed by atoms with van der Waals surface area (Å²) < 4.78 is 0. The quantitative estimate of drug-likeness (QED) is 0.647. The molecule has 1 aromatic carbocycles. The van der Waals surface area contributed by atoms with Gasteiger partial charge in [0.15, 0.2) is 0 Å². The van der Waals surface area contributed by atoms with Crippen molar-refractivity contribution in [3.8, 4) is 0 Å². The van der Waals surface area contributed by atoms with Crippen LogP contribution in [0.4, 0.5) is 5.69 Å². The molecular weight excluding hydrogens is 182 g/mol. The molecule has 1 aromatic rings. The van der Waals surface area contributed by atoms with Gasteiger partial charge in [-0.3, -0.25) is 4.99 Å². The van der Waals surface area contributed by atoms with E-state index in [1.54, 1.807) is 0 Å². The zero-order valence-corrected chi connectivity index (χ0v) is 9.40. The second kappa shape index (κ2) is 4.43. The molecular formula is C14H17N. The highest BCUT2D eigenvalue weighted by Gasteiger charge is 2.08. The first kappa shape index (κ1) is 10.2. The molecule has 1 aliphatic rings. The molecule has 1 nitrogen and oxygen atoms in total. The fourth-order valence-corrected chi connectivity index (χ4v) is 1.87. The minimum Gasteiger partial charge on any atom is -0.253 e. The summed E-state index contributed by atoms with van der Waals surface area (Å²) in [6.07, 6.45) is 6.68. The van der Waals surface area contributed by atoms with Gasteiger partial charge in [0.25, 0.3) is 0 Å². The van der Waals surface area contributed by atoms with E-state index < -0.39 is 0 Å². The molecule has 0 spiro atoms. The van der Waals surface area contributed by atoms with Crippen molar-refractivity contribution in [1.29, 1.82) is 0 Å². The molecule has 0 aliphatic heterocycles. The topological polar surface area (TPSA) is 12.4 Å². The Bertz CT molecular complexity index is 402. The number of nitrogens with zero attached hydrogens (tertiary/aromatic N) is 1. The van der Waals surface area contributed by atoms with Crippen molar-refractivity contribution in [2.24, 2.45) is 10.9 Å². The molecule has 1 unspecified atom stereocenters. The van der Waals surface area contributed by atoms with E-state index in [2.05, 4.69) is 44.2 Å². The van der Waals surface area contributed by atoms with E-state index in [1.165, 1.54) is 17.7 Å². The zero-order chi connectivity index (χ0) is 10.7. The number of para-hydroxylation sites is 1. The highest BCUT2D eigenvalue weighted by molar-refractivity contribution is 5.97. The van der Waals surface area contributed by atoms with Crippen molar-refractivity contribution in [2.75, 3.05) is 0 Å². The van der Waals surface area contributed by atoms with Crippen LogP contribution in [0.1, 0.15) is 25.3 Å². The normalized spacial score (nSPS) is 23.3. The maximum atomic E-state index is 4.70. The highest BCUT2D eigenvalue weighted by Crippen LogP contribution is 2.22. The first-order chi connectivity index (χ1) is 7.25. The number of benzene rings is 1. The average molecular weight is 199 g/mol. The Morgan fingerprint density at radius 1 is 1.27 bits per heavy atom. The standard InChI is InChI=1S/C14H17N/c1-11-6-5-8-13(10-11)15-14-9-4-3-7-12(14)2/h3-5,7-9,11H,6,10H2,1-2H3. The van der Waals surface area contributed by atoms with Gasteiger partial charge in [0.05, 0.1) is 5.69 Å². The lowest BCUT2D eigenvalue weighted by Gasteiger charge is -2.14. The van der Waals surface area contributed by atoms with E-state index in [4.69, 9.17) is 4.99 Å². The predicted octanol–water partition coefficient (Wildman–Crippen LogP) is 4.05. The van der Waals surface area contributed by atoms with Crippen LogP contribution in [-0.4, -0.2) is 5.71 Å². The fraction of sp³-hybridized carbons (Fsp3) is 0.357. The molecule has 1 atom stereocenters. The molecule has 2 rings (SSSR count). The summed E-state index contributed by atoms with van der Waals surface area (Å²) in [7, 11) is 0. The summed E-state index contributed by atoms with van der Waals surface area (Å²) in [5, 5.41) is 0. The molecule has 0 bridgehead atoms. The van der Waals surface area contributed by atoms with Gasteiger partial charge in [-0.05, 0) is 43.4 Å². The van der Waals surface area contributed by atoms with Gasteiger partial charge < -0.3 is 0 Å². The van der Waals surface area contributed by atoms with Crippen LogP contribution in [0.15, 0.2) is 41.4 Å². The first-order valence-electron chi connectivity index (χ1n) is 5.55. The van der Waals surface area contributed by atoms with Gasteiger partial charge in [0, 0.05) is 5.71 Å². The molecule has 0 radical (unpaired) electrons. The van der Waals surface area contributed by atoms with Crippen LogP contribution in [0.2, 0.25) is 0 Å². The number of aryl methyl sites for hydroxylation is 1. The summed E-state index contributed by atoms with van der Waals surface area (Å²) in [4.78, 5) is 4.70. The van der Waals surface area contributed by atoms with Gasteiger partial charge in [-0.15, -0.1) is 0 Å². The van der Waals surface area contributed by atoms with Gasteiger partial charge in [0.1, 0.15) is 0 Å². The van der Waals surface area contributed by atoms with Crippen molar-refractivity contribution in [2.45, 2.75) is 26.7 Å². The third kappa shape index (κ3) is 2.56. The highest BCUT2D eigenvalue weighted by atomic mass is 14.7. The van der Waals surface area contributed by atoms with Crippen molar-refractivity contribution in [3.05, 3.63) is 42.0 Å². The van der Waals surface area contributed by atoms with Crippen molar-refractivity contribution in [3.63, 3.8) is 0 Å². The minimum absolute atomic E-state index is 0.734. The van der Waals surface area contributed by atoms with Gasteiger partial charge in [-0.25, -0.2) is 0 Å². The van der Waals surface area contributed by atoms with Gasteiger partial charge in [-0.2, -0.15) is 0 Å². The summed E-state index contributed by atoms with van der Waals surface area (Å²) >= 11 is 0. The Balaban J connectivity index is 2.27. The van der Waals surface area contributed by atoms with E-state index in [9.17, 15) is 0 Å². The summed E-state index contributed by atoms with van der Waals surface area (Å²) in [6, 6.07) is 8.28. The molecule has 1 heteroatoms. The monoisotopic (exact) mass is 199 g/mol. The van der Waals surface area contributed by atoms with Gasteiger partial charge in [-0.1, -0.05) is 31.2 Å². The lowest BCUT2D eigenvalue weighted by atomic mass is 9.95. The van der Waals surface area contributed by atoms with E-state index in [0.29, 0.717) is 0 Å². The van der Waals surface area contributed by atoms with Crippen LogP contribution in [0.3, 0.4) is 0 Å². The van der Waals surface area contributed by atoms with Gasteiger partial charge >= 0.3 is 0 Å². The molecule has 0 N–H and O–H groups in total. The van der Waals surface area contributed by atoms with Crippen LogP contribution < -0.4 is 0 Å². The molecule has 0 heterocycles. The molecule has 0 fully saturated rings. The zero-order valence-electron chi connectivity index (χ0n) is 9.40. The Kier molecular flexibility index (Phi) is 3.00. The van der Waals surface area contributed by atoms with E-state index >= 15 is 0 Å². The van der Waals surface area contributed by atoms with Crippen molar-refractivity contribution >= 4 is 11.4 Å². The summed E-state index contributed by atoms with van der Waals surface area (Å²) in [5.41, 5.74) is 3.56. The average Bonchev–Trinajstić information content (AvgIpc) is 2.22. The van der Waals surface area contributed by atoms with Crippen molar-refractivity contribution < 1.29 is 0 Å². The fourth-order valence-electron chi connectivity index (χ4n) is 1.87. The predicted molar refractivity (Wildman–Crippen MR) is 65.8 cm³/mol. The second-order valence-corrected chi connectivity index (χ2v) is 4.34. The number of aliphatic imine (C=N–C) groups is 1. The second-order valence-electron chi connectivity index (χ2n) is 4.34. The summed E-state index contributed by atoms with van der Waals surface area (Å²) in [6.45, 7) is 4.38. The smallest absolute Gasteiger partial charge is 0.0662 e. The minimum atomic E-state index is 0.734. The molecule has 15 heavy (non-hydrogen) atoms. The number of hydrogen-bond acceptors (Lipinski definition) is 1. The van der Waals surface area contributed by atoms with Crippen LogP contribution in [-0.2, 0) is 0 Å². The summed E-state index contributed by atoms with van der Waals surface area (Å²) in [5.74, 6) is 0.734. The molecule has 0 saturated carbocycles. The van der Waals surface area contributed by atoms with Crippen LogP contribution in [0.25, 0.3) is 0 Å². The Morgan fingerprint density at radius 3 is 2.80 bits per heavy atom. The molecule has 0 saturated heterocycles. The lowest BCUT2D eigenvalue weighted by molar-refractivity contribution is 0.612. The number of rotatable bonds is 1.